The number of carbonyl (C=O) groups is 2. The second-order valence-electron chi connectivity index (χ2n) is 2.73. The number of esters is 2. The van der Waals surface area contributed by atoms with Gasteiger partial charge in [0, 0.05) is 17.7 Å². The van der Waals surface area contributed by atoms with Crippen LogP contribution >= 0.6 is 0 Å². The van der Waals surface area contributed by atoms with E-state index in [1.807, 2.05) is 6.07 Å². The smallest absolute Gasteiger partial charge is 0.330 e. The summed E-state index contributed by atoms with van der Waals surface area (Å²) in [6.45, 7) is 8.96. The van der Waals surface area contributed by atoms with E-state index < -0.39 is 11.9 Å². The lowest BCUT2D eigenvalue weighted by molar-refractivity contribution is -0.140. The lowest BCUT2D eigenvalue weighted by Gasteiger charge is -1.95. The number of hydrogen-bond acceptors (Lipinski definition) is 5. The van der Waals surface area contributed by atoms with Gasteiger partial charge in [0.2, 0.25) is 0 Å². The zero-order valence-corrected chi connectivity index (χ0v) is 10.4. The summed E-state index contributed by atoms with van der Waals surface area (Å²) < 4.78 is 9.07. The predicted octanol–water partition coefficient (Wildman–Crippen LogP) is 1.75. The summed E-state index contributed by atoms with van der Waals surface area (Å²) in [5.41, 5.74) is 0.560. The molecule has 0 aromatic heterocycles. The van der Waals surface area contributed by atoms with Gasteiger partial charge in [-0.05, 0) is 20.8 Å². The van der Waals surface area contributed by atoms with E-state index in [4.69, 9.17) is 5.26 Å². The Morgan fingerprint density at radius 3 is 1.65 bits per heavy atom. The first kappa shape index (κ1) is 17.3. The summed E-state index contributed by atoms with van der Waals surface area (Å²) in [5.74, 6) is -1.07. The van der Waals surface area contributed by atoms with Crippen LogP contribution in [-0.2, 0) is 19.1 Å². The highest BCUT2D eigenvalue weighted by atomic mass is 16.5. The Bertz CT molecular complexity index is 306. The van der Waals surface area contributed by atoms with Gasteiger partial charge in [0.15, 0.2) is 0 Å². The molecule has 0 saturated carbocycles. The highest BCUT2D eigenvalue weighted by molar-refractivity contribution is 5.91. The van der Waals surface area contributed by atoms with Gasteiger partial charge < -0.3 is 9.47 Å². The zero-order chi connectivity index (χ0) is 13.7. The maximum absolute atomic E-state index is 10.6. The highest BCUT2D eigenvalue weighted by Gasteiger charge is 1.97. The quantitative estimate of drug-likeness (QED) is 0.424. The predicted molar refractivity (Wildman–Crippen MR) is 62.8 cm³/mol. The van der Waals surface area contributed by atoms with E-state index in [9.17, 15) is 9.59 Å². The van der Waals surface area contributed by atoms with Crippen molar-refractivity contribution in [1.29, 1.82) is 5.26 Å². The fourth-order valence-electron chi connectivity index (χ4n) is 0.517. The van der Waals surface area contributed by atoms with Gasteiger partial charge in [-0.3, -0.25) is 0 Å². The molecule has 0 saturated heterocycles. The number of hydrogen-bond donors (Lipinski definition) is 0. The molecule has 5 nitrogen and oxygen atoms in total. The summed E-state index contributed by atoms with van der Waals surface area (Å²) >= 11 is 0. The van der Waals surface area contributed by atoms with E-state index in [-0.39, 0.29) is 0 Å². The van der Waals surface area contributed by atoms with Crippen LogP contribution in [0.2, 0.25) is 0 Å². The number of nitriles is 1. The van der Waals surface area contributed by atoms with Crippen LogP contribution in [0.5, 0.6) is 0 Å². The molecule has 0 aliphatic carbocycles. The molecule has 0 aromatic carbocycles. The molecule has 0 aliphatic rings. The molecule has 0 unspecified atom stereocenters. The first-order valence-corrected chi connectivity index (χ1v) is 5.05. The van der Waals surface area contributed by atoms with Crippen molar-refractivity contribution in [2.75, 3.05) is 13.2 Å². The van der Waals surface area contributed by atoms with Gasteiger partial charge in [-0.25, -0.2) is 9.59 Å². The first-order chi connectivity index (χ1) is 7.97. The van der Waals surface area contributed by atoms with Gasteiger partial charge >= 0.3 is 11.9 Å². The van der Waals surface area contributed by atoms with Crippen LogP contribution in [0.4, 0.5) is 0 Å². The highest BCUT2D eigenvalue weighted by Crippen LogP contribution is 1.84. The fourth-order valence-corrected chi connectivity index (χ4v) is 0.517. The molecule has 0 aliphatic heterocycles. The van der Waals surface area contributed by atoms with Gasteiger partial charge in [0.05, 0.1) is 19.3 Å². The van der Waals surface area contributed by atoms with E-state index >= 15 is 0 Å². The fraction of sp³-hybridized carbons (Fsp3) is 0.417. The van der Waals surface area contributed by atoms with E-state index in [0.717, 1.165) is 12.2 Å². The maximum Gasteiger partial charge on any atom is 0.330 e. The van der Waals surface area contributed by atoms with Crippen LogP contribution in [0.15, 0.2) is 24.3 Å². The molecule has 0 N–H and O–H groups in total. The molecule has 0 atom stereocenters. The van der Waals surface area contributed by atoms with Gasteiger partial charge in [0.1, 0.15) is 0 Å². The SMILES string of the molecule is C=C(C)C#N.CCOC(=O)/C=C\C(=O)OCC. The van der Waals surface area contributed by atoms with Crippen molar-refractivity contribution in [3.63, 3.8) is 0 Å². The Morgan fingerprint density at radius 1 is 1.18 bits per heavy atom. The van der Waals surface area contributed by atoms with Crippen molar-refractivity contribution in [3.05, 3.63) is 24.3 Å². The first-order valence-electron chi connectivity index (χ1n) is 5.05. The van der Waals surface area contributed by atoms with Crippen molar-refractivity contribution in [1.82, 2.24) is 0 Å². The molecule has 0 radical (unpaired) electrons. The maximum atomic E-state index is 10.6. The molecule has 0 fully saturated rings. The molecule has 0 amide bonds. The van der Waals surface area contributed by atoms with Crippen molar-refractivity contribution in [2.45, 2.75) is 20.8 Å². The molecule has 0 aromatic rings. The van der Waals surface area contributed by atoms with Crippen molar-refractivity contribution in [2.24, 2.45) is 0 Å². The van der Waals surface area contributed by atoms with E-state index in [2.05, 4.69) is 16.1 Å². The van der Waals surface area contributed by atoms with Crippen LogP contribution in [0, 0.1) is 11.3 Å². The standard InChI is InChI=1S/C8H12O4.C4H5N/c1-3-11-7(9)5-6-8(10)12-4-2;1-4(2)3-5/h5-6H,3-4H2,1-2H3;1H2,2H3/b6-5-;. The third kappa shape index (κ3) is 16.6. The largest absolute Gasteiger partial charge is 0.463 e. The second-order valence-corrected chi connectivity index (χ2v) is 2.73. The normalized spacial score (nSPS) is 8.59. The molecular formula is C12H17NO4. The van der Waals surface area contributed by atoms with Crippen molar-refractivity contribution < 1.29 is 19.1 Å². The van der Waals surface area contributed by atoms with Gasteiger partial charge in [-0.15, -0.1) is 0 Å². The molecule has 17 heavy (non-hydrogen) atoms. The van der Waals surface area contributed by atoms with Gasteiger partial charge in [0.25, 0.3) is 0 Å². The van der Waals surface area contributed by atoms with E-state index in [1.54, 1.807) is 20.8 Å². The second kappa shape index (κ2) is 12.0. The number of carbonyl (C=O) groups excluding carboxylic acids is 2. The summed E-state index contributed by atoms with van der Waals surface area (Å²) in [6.07, 6.45) is 2.09. The van der Waals surface area contributed by atoms with Crippen molar-refractivity contribution in [3.8, 4) is 6.07 Å². The van der Waals surface area contributed by atoms with Gasteiger partial charge in [-0.1, -0.05) is 6.58 Å². The zero-order valence-electron chi connectivity index (χ0n) is 10.4. The molecule has 0 rings (SSSR count). The van der Waals surface area contributed by atoms with Crippen LogP contribution in [-0.4, -0.2) is 25.2 Å². The lowest BCUT2D eigenvalue weighted by atomic mass is 10.4. The third-order valence-corrected chi connectivity index (χ3v) is 1.12. The Kier molecular flexibility index (Phi) is 12.2. The third-order valence-electron chi connectivity index (χ3n) is 1.12. The van der Waals surface area contributed by atoms with E-state index in [1.165, 1.54) is 0 Å². The van der Waals surface area contributed by atoms with Crippen molar-refractivity contribution >= 4 is 11.9 Å². The summed E-state index contributed by atoms with van der Waals surface area (Å²) in [7, 11) is 0. The van der Waals surface area contributed by atoms with Crippen LogP contribution in [0.3, 0.4) is 0 Å². The Hall–Kier alpha value is -2.09. The summed E-state index contributed by atoms with van der Waals surface area (Å²) in [6, 6.07) is 1.83. The lowest BCUT2D eigenvalue weighted by Crippen LogP contribution is -2.03. The minimum atomic E-state index is -0.537. The molecule has 0 heterocycles. The number of rotatable bonds is 4. The van der Waals surface area contributed by atoms with Gasteiger partial charge in [-0.2, -0.15) is 5.26 Å². The molecule has 0 spiro atoms. The van der Waals surface area contributed by atoms with Crippen LogP contribution < -0.4 is 0 Å². The molecule has 0 bridgehead atoms. The minimum absolute atomic E-state index is 0.298. The number of nitrogens with zero attached hydrogens (tertiary/aromatic N) is 1. The summed E-state index contributed by atoms with van der Waals surface area (Å²) in [5, 5.41) is 7.79. The Morgan fingerprint density at radius 2 is 1.47 bits per heavy atom. The van der Waals surface area contributed by atoms with Crippen LogP contribution in [0.25, 0.3) is 0 Å². The minimum Gasteiger partial charge on any atom is -0.463 e. The molecule has 94 valence electrons. The molecular weight excluding hydrogens is 222 g/mol. The monoisotopic (exact) mass is 239 g/mol. The summed E-state index contributed by atoms with van der Waals surface area (Å²) in [4.78, 5) is 21.3. The Labute approximate surface area is 101 Å². The topological polar surface area (TPSA) is 76.4 Å². The number of ether oxygens (including phenoxy) is 2. The van der Waals surface area contributed by atoms with E-state index in [0.29, 0.717) is 18.8 Å². The molecule has 5 heteroatoms. The Balaban J connectivity index is 0. The average Bonchev–Trinajstić information content (AvgIpc) is 2.28. The average molecular weight is 239 g/mol. The van der Waals surface area contributed by atoms with Crippen LogP contribution in [0.1, 0.15) is 20.8 Å². The number of allylic oxidation sites excluding steroid dienone is 1.